The average Bonchev–Trinajstić information content (AvgIpc) is 3.49. The molecule has 0 amide bonds. The van der Waals surface area contributed by atoms with Crippen LogP contribution in [-0.4, -0.2) is 90.1 Å². The van der Waals surface area contributed by atoms with Gasteiger partial charge < -0.3 is 29.5 Å². The van der Waals surface area contributed by atoms with E-state index >= 15 is 0 Å². The molecule has 55 heavy (non-hydrogen) atoms. The monoisotopic (exact) mass is 807 g/mol. The highest BCUT2D eigenvalue weighted by molar-refractivity contribution is 5.87. The number of nitrogens with two attached hydrogens (primary N) is 2. The SMILES string of the molecule is NC(Cc1ccccc1OC(=O)C(F)(F)F)C(=O)OC1(C(=O)OOC(=O)C(F)(F)F)CCCN1OC(=O)C(N)(COCc1ccccc1)OC(=O)C(F)(F)F. The second-order valence-electron chi connectivity index (χ2n) is 11.1. The quantitative estimate of drug-likeness (QED) is 0.0741. The molecule has 0 radical (unpaired) electrons. The summed E-state index contributed by atoms with van der Waals surface area (Å²) in [6.45, 7) is -2.60. The van der Waals surface area contributed by atoms with Crippen LogP contribution in [0.1, 0.15) is 24.0 Å². The summed E-state index contributed by atoms with van der Waals surface area (Å²) in [4.78, 5) is 86.3. The number of carbonyl (C=O) groups is 6. The molecule has 16 nitrogen and oxygen atoms in total. The summed E-state index contributed by atoms with van der Waals surface area (Å²) in [5.74, 6) is -15.7. The van der Waals surface area contributed by atoms with Gasteiger partial charge in [0.1, 0.15) is 18.4 Å². The third-order valence-electron chi connectivity index (χ3n) is 6.91. The van der Waals surface area contributed by atoms with Crippen molar-refractivity contribution in [2.75, 3.05) is 13.2 Å². The Kier molecular flexibility index (Phi) is 13.8. The van der Waals surface area contributed by atoms with Crippen molar-refractivity contribution in [2.45, 2.75) is 61.9 Å². The molecule has 4 N–H and O–H groups in total. The van der Waals surface area contributed by atoms with E-state index in [1.165, 1.54) is 30.3 Å². The maximum absolute atomic E-state index is 13.3. The minimum atomic E-state index is -5.77. The van der Waals surface area contributed by atoms with E-state index in [0.717, 1.165) is 18.2 Å². The Balaban J connectivity index is 1.93. The summed E-state index contributed by atoms with van der Waals surface area (Å²) < 4.78 is 135. The first-order valence-electron chi connectivity index (χ1n) is 15.0. The molecular formula is C30H26F9N3O13. The van der Waals surface area contributed by atoms with Crippen molar-refractivity contribution >= 4 is 35.8 Å². The molecule has 0 spiro atoms. The van der Waals surface area contributed by atoms with Crippen LogP contribution >= 0.6 is 0 Å². The molecule has 302 valence electrons. The molecule has 1 aliphatic rings. The smallest absolute Gasteiger partial charge is 0.428 e. The summed E-state index contributed by atoms with van der Waals surface area (Å²) in [6.07, 6.45) is -19.2. The molecule has 2 aromatic rings. The van der Waals surface area contributed by atoms with Crippen LogP contribution in [0, 0.1) is 0 Å². The standard InChI is InChI=1S/C30H26F9N3O13/c31-28(32,33)23(46)50-19-10-5-4-9-17(19)13-18(40)20(43)51-27(22(45)54-55-25(48)30(37,38)39)11-6-12-42(27)53-21(44)26(41,52-24(47)29(34,35)36)15-49-14-16-7-2-1-3-8-16/h1-5,7-10,18H,6,11-15,40-41H2. The Morgan fingerprint density at radius 2 is 1.35 bits per heavy atom. The van der Waals surface area contributed by atoms with Gasteiger partial charge in [-0.05, 0) is 23.6 Å². The van der Waals surface area contributed by atoms with Gasteiger partial charge in [-0.25, -0.2) is 33.7 Å². The summed E-state index contributed by atoms with van der Waals surface area (Å²) in [7, 11) is 0. The van der Waals surface area contributed by atoms with Gasteiger partial charge in [-0.1, -0.05) is 53.6 Å². The molecule has 25 heteroatoms. The van der Waals surface area contributed by atoms with Gasteiger partial charge in [-0.2, -0.15) is 39.5 Å². The first kappa shape index (κ1) is 43.9. The molecule has 0 saturated carbocycles. The van der Waals surface area contributed by atoms with Crippen LogP contribution in [-0.2, 0) is 70.6 Å². The van der Waals surface area contributed by atoms with Crippen molar-refractivity contribution in [1.29, 1.82) is 0 Å². The van der Waals surface area contributed by atoms with Crippen molar-refractivity contribution in [1.82, 2.24) is 5.06 Å². The summed E-state index contributed by atoms with van der Waals surface area (Å²) in [5, 5.41) is 0.00297. The normalized spacial score (nSPS) is 17.9. The summed E-state index contributed by atoms with van der Waals surface area (Å²) in [6, 6.07) is 9.78. The molecule has 3 rings (SSSR count). The zero-order valence-corrected chi connectivity index (χ0v) is 27.3. The fourth-order valence-electron chi connectivity index (χ4n) is 4.34. The molecule has 0 aromatic heterocycles. The molecular weight excluding hydrogens is 781 g/mol. The lowest BCUT2D eigenvalue weighted by Gasteiger charge is -2.35. The maximum atomic E-state index is 13.3. The molecule has 1 fully saturated rings. The number of rotatable bonds is 13. The highest BCUT2D eigenvalue weighted by Gasteiger charge is 2.59. The first-order chi connectivity index (χ1) is 25.4. The number of hydrogen-bond donors (Lipinski definition) is 2. The second-order valence-corrected chi connectivity index (χ2v) is 11.1. The Morgan fingerprint density at radius 1 is 0.764 bits per heavy atom. The molecule has 3 atom stereocenters. The van der Waals surface area contributed by atoms with Crippen molar-refractivity contribution in [2.24, 2.45) is 11.5 Å². The zero-order chi connectivity index (χ0) is 41.4. The van der Waals surface area contributed by atoms with Gasteiger partial charge in [0.15, 0.2) is 0 Å². The van der Waals surface area contributed by atoms with Gasteiger partial charge in [0.25, 0.3) is 11.4 Å². The minimum absolute atomic E-state index is 0.00297. The molecule has 1 saturated heterocycles. The number of halogens is 9. The second kappa shape index (κ2) is 17.3. The zero-order valence-electron chi connectivity index (χ0n) is 27.3. The highest BCUT2D eigenvalue weighted by atomic mass is 19.4. The molecule has 0 bridgehead atoms. The third kappa shape index (κ3) is 11.7. The number of nitrogens with zero attached hydrogens (tertiary/aromatic N) is 1. The van der Waals surface area contributed by atoms with Gasteiger partial charge >= 0.3 is 54.3 Å². The van der Waals surface area contributed by atoms with Crippen molar-refractivity contribution in [3.8, 4) is 5.75 Å². The Morgan fingerprint density at radius 3 is 1.95 bits per heavy atom. The van der Waals surface area contributed by atoms with Gasteiger partial charge in [-0.15, -0.1) is 0 Å². The van der Waals surface area contributed by atoms with Crippen LogP contribution in [0.25, 0.3) is 0 Å². The summed E-state index contributed by atoms with van der Waals surface area (Å²) in [5.41, 5.74) is 4.73. The Bertz CT molecular complexity index is 1740. The van der Waals surface area contributed by atoms with Gasteiger partial charge in [-0.3, -0.25) is 10.5 Å². The van der Waals surface area contributed by atoms with Gasteiger partial charge in [0, 0.05) is 19.4 Å². The van der Waals surface area contributed by atoms with Gasteiger partial charge in [0.05, 0.1) is 6.61 Å². The fourth-order valence-corrected chi connectivity index (χ4v) is 4.34. The molecule has 0 aliphatic carbocycles. The van der Waals surface area contributed by atoms with E-state index < -0.39 is 117 Å². The number of hydroxylamine groups is 2. The lowest BCUT2D eigenvalue weighted by molar-refractivity contribution is -0.319. The average molecular weight is 808 g/mol. The molecule has 2 aromatic carbocycles. The van der Waals surface area contributed by atoms with E-state index in [1.807, 2.05) is 0 Å². The van der Waals surface area contributed by atoms with E-state index in [2.05, 4.69) is 19.2 Å². The van der Waals surface area contributed by atoms with Crippen LogP contribution in [0.3, 0.4) is 0 Å². The van der Waals surface area contributed by atoms with Crippen LogP contribution in [0.15, 0.2) is 54.6 Å². The lowest BCUT2D eigenvalue weighted by atomic mass is 10.1. The summed E-state index contributed by atoms with van der Waals surface area (Å²) >= 11 is 0. The number of ether oxygens (including phenoxy) is 4. The molecule has 1 aliphatic heterocycles. The Hall–Kier alpha value is -5.53. The predicted octanol–water partition coefficient (Wildman–Crippen LogP) is 2.36. The largest absolute Gasteiger partial charge is 0.495 e. The lowest BCUT2D eigenvalue weighted by Crippen LogP contribution is -2.62. The third-order valence-corrected chi connectivity index (χ3v) is 6.91. The van der Waals surface area contributed by atoms with Gasteiger partial charge in [0.2, 0.25) is 0 Å². The van der Waals surface area contributed by atoms with Crippen molar-refractivity contribution in [3.05, 3.63) is 65.7 Å². The number of esters is 3. The number of benzene rings is 2. The predicted molar refractivity (Wildman–Crippen MR) is 154 cm³/mol. The number of carbonyl (C=O) groups excluding carboxylic acids is 6. The minimum Gasteiger partial charge on any atom is -0.428 e. The number of para-hydroxylation sites is 1. The first-order valence-corrected chi connectivity index (χ1v) is 15.0. The van der Waals surface area contributed by atoms with E-state index in [1.54, 1.807) is 6.07 Å². The van der Waals surface area contributed by atoms with E-state index in [9.17, 15) is 68.3 Å². The van der Waals surface area contributed by atoms with E-state index in [-0.39, 0.29) is 10.6 Å². The fraction of sp³-hybridized carbons (Fsp3) is 0.400. The topological polar surface area (TPSA) is 222 Å². The van der Waals surface area contributed by atoms with Crippen LogP contribution in [0.2, 0.25) is 0 Å². The number of hydrogen-bond acceptors (Lipinski definition) is 16. The van der Waals surface area contributed by atoms with Crippen molar-refractivity contribution < 1.29 is 102 Å². The highest BCUT2D eigenvalue weighted by Crippen LogP contribution is 2.35. The van der Waals surface area contributed by atoms with E-state index in [4.69, 9.17) is 25.8 Å². The van der Waals surface area contributed by atoms with Crippen molar-refractivity contribution in [3.63, 3.8) is 0 Å². The van der Waals surface area contributed by atoms with Crippen LogP contribution < -0.4 is 16.2 Å². The molecule has 3 unspecified atom stereocenters. The maximum Gasteiger partial charge on any atom is 0.495 e. The van der Waals surface area contributed by atoms with E-state index in [0.29, 0.717) is 5.56 Å². The molecule has 1 heterocycles. The Labute approximate surface area is 301 Å². The van der Waals surface area contributed by atoms with Crippen LogP contribution in [0.4, 0.5) is 39.5 Å². The van der Waals surface area contributed by atoms with Crippen LogP contribution in [0.5, 0.6) is 5.75 Å². The number of alkyl halides is 9.